The van der Waals surface area contributed by atoms with Crippen molar-refractivity contribution < 1.29 is 14.2 Å². The minimum absolute atomic E-state index is 0.566. The Balaban J connectivity index is 1.25. The lowest BCUT2D eigenvalue weighted by atomic mass is 10.1. The number of halogens is 1. The number of fused-ring (bicyclic) bond motifs is 1. The van der Waals surface area contributed by atoms with Crippen molar-refractivity contribution >= 4 is 22.5 Å². The van der Waals surface area contributed by atoms with Gasteiger partial charge in [-0.3, -0.25) is 9.80 Å². The Morgan fingerprint density at radius 3 is 2.19 bits per heavy atom. The number of piperazine rings is 1. The minimum atomic E-state index is 0.566. The Morgan fingerprint density at radius 2 is 1.48 bits per heavy atom. The highest BCUT2D eigenvalue weighted by Gasteiger charge is 2.18. The monoisotopic (exact) mass is 441 g/mol. The van der Waals surface area contributed by atoms with E-state index in [-0.39, 0.29) is 0 Å². The quantitative estimate of drug-likeness (QED) is 0.490. The van der Waals surface area contributed by atoms with Crippen LogP contribution in [0.15, 0.2) is 48.5 Å². The van der Waals surface area contributed by atoms with Gasteiger partial charge >= 0.3 is 0 Å². The molecule has 4 rings (SSSR count). The summed E-state index contributed by atoms with van der Waals surface area (Å²) in [5.74, 6) is 2.50. The lowest BCUT2D eigenvalue weighted by Crippen LogP contribution is -2.47. The van der Waals surface area contributed by atoms with Gasteiger partial charge in [-0.15, -0.1) is 0 Å². The van der Waals surface area contributed by atoms with Crippen LogP contribution < -0.4 is 14.2 Å². The fraction of sp³-hybridized carbons (Fsp3) is 0.375. The van der Waals surface area contributed by atoms with E-state index >= 15 is 0 Å². The van der Waals surface area contributed by atoms with Crippen LogP contribution in [0, 0.1) is 0 Å². The molecule has 0 radical (unpaired) electrons. The van der Waals surface area contributed by atoms with Gasteiger partial charge in [-0.25, -0.2) is 4.98 Å². The van der Waals surface area contributed by atoms with Crippen LogP contribution >= 0.6 is 11.6 Å². The van der Waals surface area contributed by atoms with Crippen molar-refractivity contribution in [3.05, 3.63) is 59.2 Å². The Kier molecular flexibility index (Phi) is 7.12. The van der Waals surface area contributed by atoms with Crippen molar-refractivity contribution in [2.45, 2.75) is 6.54 Å². The molecule has 1 aliphatic rings. The molecule has 2 aromatic carbocycles. The molecule has 2 heterocycles. The zero-order valence-electron chi connectivity index (χ0n) is 18.0. The standard InChI is InChI=1S/C24H28ClN3O3/c1-29-20-5-7-21(8-6-20)31-14-13-27-9-11-28(12-10-27)17-19-15-18-3-4-22(30-2)16-23(18)26-24(19)25/h3-8,15-16H,9-14,17H2,1-2H3. The molecule has 1 saturated heterocycles. The van der Waals surface area contributed by atoms with E-state index in [1.807, 2.05) is 42.5 Å². The van der Waals surface area contributed by atoms with E-state index in [9.17, 15) is 0 Å². The van der Waals surface area contributed by atoms with Gasteiger partial charge in [0.25, 0.3) is 0 Å². The molecular formula is C24H28ClN3O3. The molecular weight excluding hydrogens is 414 g/mol. The van der Waals surface area contributed by atoms with E-state index in [0.717, 1.165) is 73.0 Å². The maximum atomic E-state index is 6.48. The average molecular weight is 442 g/mol. The topological polar surface area (TPSA) is 47.1 Å². The summed E-state index contributed by atoms with van der Waals surface area (Å²) in [6.07, 6.45) is 0. The maximum absolute atomic E-state index is 6.48. The van der Waals surface area contributed by atoms with Gasteiger partial charge in [0.2, 0.25) is 0 Å². The van der Waals surface area contributed by atoms with Crippen molar-refractivity contribution in [3.63, 3.8) is 0 Å². The molecule has 0 amide bonds. The third-order valence-electron chi connectivity index (χ3n) is 5.65. The number of aromatic nitrogens is 1. The lowest BCUT2D eigenvalue weighted by molar-refractivity contribution is 0.112. The molecule has 0 spiro atoms. The second kappa shape index (κ2) is 10.2. The highest BCUT2D eigenvalue weighted by atomic mass is 35.5. The summed E-state index contributed by atoms with van der Waals surface area (Å²) >= 11 is 6.48. The number of hydrogen-bond acceptors (Lipinski definition) is 6. The van der Waals surface area contributed by atoms with Crippen molar-refractivity contribution in [1.82, 2.24) is 14.8 Å². The normalized spacial score (nSPS) is 15.2. The molecule has 7 heteroatoms. The second-order valence-electron chi connectivity index (χ2n) is 7.64. The van der Waals surface area contributed by atoms with E-state index in [0.29, 0.717) is 11.8 Å². The number of rotatable bonds is 8. The van der Waals surface area contributed by atoms with Crippen LogP contribution in [0.5, 0.6) is 17.2 Å². The van der Waals surface area contributed by atoms with E-state index in [4.69, 9.17) is 25.8 Å². The molecule has 1 aliphatic heterocycles. The number of nitrogens with zero attached hydrogens (tertiary/aromatic N) is 3. The number of hydrogen-bond donors (Lipinski definition) is 0. The van der Waals surface area contributed by atoms with E-state index in [2.05, 4.69) is 20.9 Å². The molecule has 31 heavy (non-hydrogen) atoms. The van der Waals surface area contributed by atoms with Crippen molar-refractivity contribution in [3.8, 4) is 17.2 Å². The van der Waals surface area contributed by atoms with Crippen LogP contribution in [0.25, 0.3) is 10.9 Å². The molecule has 0 atom stereocenters. The second-order valence-corrected chi connectivity index (χ2v) is 8.00. The minimum Gasteiger partial charge on any atom is -0.497 e. The smallest absolute Gasteiger partial charge is 0.134 e. The van der Waals surface area contributed by atoms with Crippen molar-refractivity contribution in [1.29, 1.82) is 0 Å². The Bertz CT molecular complexity index is 1000. The first kappa shape index (κ1) is 21.7. The van der Waals surface area contributed by atoms with Crippen LogP contribution in [0.1, 0.15) is 5.56 Å². The molecule has 0 bridgehead atoms. The molecule has 0 saturated carbocycles. The van der Waals surface area contributed by atoms with Crippen LogP contribution in [-0.4, -0.2) is 68.3 Å². The number of pyridine rings is 1. The van der Waals surface area contributed by atoms with Gasteiger partial charge in [-0.1, -0.05) is 11.6 Å². The molecule has 0 N–H and O–H groups in total. The van der Waals surface area contributed by atoms with Crippen LogP contribution in [0.3, 0.4) is 0 Å². The highest BCUT2D eigenvalue weighted by molar-refractivity contribution is 6.30. The molecule has 0 unspecified atom stereocenters. The van der Waals surface area contributed by atoms with E-state index in [1.54, 1.807) is 14.2 Å². The summed E-state index contributed by atoms with van der Waals surface area (Å²) in [6.45, 7) is 6.43. The number of methoxy groups -OCH3 is 2. The third kappa shape index (κ3) is 5.58. The summed E-state index contributed by atoms with van der Waals surface area (Å²) < 4.78 is 16.3. The van der Waals surface area contributed by atoms with Gasteiger partial charge in [-0.05, 0) is 42.5 Å². The molecule has 1 fully saturated rings. The van der Waals surface area contributed by atoms with Crippen molar-refractivity contribution in [2.24, 2.45) is 0 Å². The summed E-state index contributed by atoms with van der Waals surface area (Å²) in [5.41, 5.74) is 1.92. The fourth-order valence-corrected chi connectivity index (χ4v) is 3.99. The summed E-state index contributed by atoms with van der Waals surface area (Å²) in [4.78, 5) is 9.44. The predicted molar refractivity (Wildman–Crippen MR) is 124 cm³/mol. The Hall–Kier alpha value is -2.54. The van der Waals surface area contributed by atoms with Crippen molar-refractivity contribution in [2.75, 3.05) is 53.6 Å². The summed E-state index contributed by atoms with van der Waals surface area (Å²) in [6, 6.07) is 15.7. The highest BCUT2D eigenvalue weighted by Crippen LogP contribution is 2.25. The SMILES string of the molecule is COc1ccc(OCCN2CCN(Cc3cc4ccc(OC)cc4nc3Cl)CC2)cc1. The number of benzene rings is 2. The first-order valence-electron chi connectivity index (χ1n) is 10.5. The van der Waals surface area contributed by atoms with Gasteiger partial charge in [0, 0.05) is 56.3 Å². The molecule has 3 aromatic rings. The molecule has 6 nitrogen and oxygen atoms in total. The Morgan fingerprint density at radius 1 is 0.839 bits per heavy atom. The lowest BCUT2D eigenvalue weighted by Gasteiger charge is -2.34. The predicted octanol–water partition coefficient (Wildman–Crippen LogP) is 4.10. The van der Waals surface area contributed by atoms with Crippen LogP contribution in [0.2, 0.25) is 5.15 Å². The zero-order chi connectivity index (χ0) is 21.6. The molecule has 0 aliphatic carbocycles. The van der Waals surface area contributed by atoms with Gasteiger partial charge in [0.15, 0.2) is 0 Å². The van der Waals surface area contributed by atoms with Gasteiger partial charge < -0.3 is 14.2 Å². The molecule has 164 valence electrons. The maximum Gasteiger partial charge on any atom is 0.134 e. The fourth-order valence-electron chi connectivity index (χ4n) is 3.78. The van der Waals surface area contributed by atoms with E-state index < -0.39 is 0 Å². The first-order chi connectivity index (χ1) is 15.1. The Labute approximate surface area is 188 Å². The average Bonchev–Trinajstić information content (AvgIpc) is 2.81. The van der Waals surface area contributed by atoms with Gasteiger partial charge in [0.1, 0.15) is 29.0 Å². The summed E-state index contributed by atoms with van der Waals surface area (Å²) in [5, 5.41) is 1.64. The molecule has 1 aromatic heterocycles. The zero-order valence-corrected chi connectivity index (χ0v) is 18.8. The summed E-state index contributed by atoms with van der Waals surface area (Å²) in [7, 11) is 3.32. The third-order valence-corrected chi connectivity index (χ3v) is 5.97. The van der Waals surface area contributed by atoms with Crippen LogP contribution in [-0.2, 0) is 6.54 Å². The van der Waals surface area contributed by atoms with Gasteiger partial charge in [-0.2, -0.15) is 0 Å². The number of ether oxygens (including phenoxy) is 3. The largest absolute Gasteiger partial charge is 0.497 e. The van der Waals surface area contributed by atoms with Crippen LogP contribution in [0.4, 0.5) is 0 Å². The van der Waals surface area contributed by atoms with Gasteiger partial charge in [0.05, 0.1) is 19.7 Å². The van der Waals surface area contributed by atoms with E-state index in [1.165, 1.54) is 0 Å². The first-order valence-corrected chi connectivity index (χ1v) is 10.9.